The molecule has 4 rings (SSSR count). The molecule has 0 aliphatic carbocycles. The van der Waals surface area contributed by atoms with E-state index in [1.165, 1.54) is 7.11 Å². The number of methoxy groups -OCH3 is 1. The molecule has 0 saturated carbocycles. The highest BCUT2D eigenvalue weighted by Crippen LogP contribution is 2.28. The van der Waals surface area contributed by atoms with E-state index in [0.717, 1.165) is 27.8 Å². The quantitative estimate of drug-likeness (QED) is 0.135. The predicted octanol–water partition coefficient (Wildman–Crippen LogP) is 1.71. The van der Waals surface area contributed by atoms with Gasteiger partial charge in [0, 0.05) is 12.6 Å². The summed E-state index contributed by atoms with van der Waals surface area (Å²) < 4.78 is 5.03. The number of nitrogens with one attached hydrogen (secondary N) is 2. The fraction of sp³-hybridized carbons (Fsp3) is 0.321. The second-order valence-corrected chi connectivity index (χ2v) is 9.13. The number of carbonyl (C=O) groups excluding carboxylic acids is 1. The second kappa shape index (κ2) is 11.7. The average molecular weight is 491 g/mol. The van der Waals surface area contributed by atoms with Crippen molar-refractivity contribution in [1.82, 2.24) is 10.6 Å². The van der Waals surface area contributed by atoms with Crippen molar-refractivity contribution in [2.45, 2.75) is 37.4 Å². The van der Waals surface area contributed by atoms with Gasteiger partial charge in [-0.15, -0.1) is 0 Å². The van der Waals surface area contributed by atoms with Crippen LogP contribution in [-0.4, -0.2) is 42.1 Å². The van der Waals surface area contributed by atoms with Gasteiger partial charge in [-0.2, -0.15) is 0 Å². The number of nitrogens with two attached hydrogens (primary N) is 2. The Hall–Kier alpha value is -3.11. The van der Waals surface area contributed by atoms with Crippen LogP contribution in [0.3, 0.4) is 0 Å². The van der Waals surface area contributed by atoms with Gasteiger partial charge in [-0.3, -0.25) is 15.4 Å². The van der Waals surface area contributed by atoms with Crippen LogP contribution >= 0.6 is 0 Å². The number of carbonyl (C=O) groups is 1. The van der Waals surface area contributed by atoms with Crippen molar-refractivity contribution < 1.29 is 19.7 Å². The Morgan fingerprint density at radius 2 is 1.75 bits per heavy atom. The van der Waals surface area contributed by atoms with Crippen LogP contribution in [0.5, 0.6) is 0 Å². The SMILES string of the molecule is COC(=O)C(Cc1cccc(C2NC2N)c1)C(CO)NC(O)c1ccc(-c2cccc(CN)c2)cc1. The molecule has 3 aromatic rings. The van der Waals surface area contributed by atoms with E-state index in [9.17, 15) is 15.0 Å². The van der Waals surface area contributed by atoms with Gasteiger partial charge in [0.1, 0.15) is 6.23 Å². The summed E-state index contributed by atoms with van der Waals surface area (Å²) in [7, 11) is 1.32. The van der Waals surface area contributed by atoms with E-state index in [-0.39, 0.29) is 18.8 Å². The zero-order valence-electron chi connectivity index (χ0n) is 20.3. The van der Waals surface area contributed by atoms with Crippen molar-refractivity contribution in [3.05, 3.63) is 95.1 Å². The molecule has 1 saturated heterocycles. The van der Waals surface area contributed by atoms with Crippen LogP contribution in [0.25, 0.3) is 11.1 Å². The molecule has 0 bridgehead atoms. The van der Waals surface area contributed by atoms with E-state index < -0.39 is 24.2 Å². The molecule has 8 nitrogen and oxygen atoms in total. The highest BCUT2D eigenvalue weighted by Gasteiger charge is 2.35. The van der Waals surface area contributed by atoms with E-state index >= 15 is 0 Å². The number of hydrogen-bond acceptors (Lipinski definition) is 8. The number of benzene rings is 3. The van der Waals surface area contributed by atoms with Crippen molar-refractivity contribution in [3.63, 3.8) is 0 Å². The van der Waals surface area contributed by atoms with E-state index in [4.69, 9.17) is 16.2 Å². The zero-order chi connectivity index (χ0) is 25.7. The van der Waals surface area contributed by atoms with Crippen molar-refractivity contribution in [2.75, 3.05) is 13.7 Å². The van der Waals surface area contributed by atoms with Gasteiger partial charge in [-0.05, 0) is 45.9 Å². The van der Waals surface area contributed by atoms with Gasteiger partial charge in [-0.25, -0.2) is 0 Å². The van der Waals surface area contributed by atoms with Crippen LogP contribution in [0.4, 0.5) is 0 Å². The molecule has 1 heterocycles. The lowest BCUT2D eigenvalue weighted by molar-refractivity contribution is -0.147. The molecule has 0 radical (unpaired) electrons. The van der Waals surface area contributed by atoms with Crippen molar-refractivity contribution in [3.8, 4) is 11.1 Å². The molecule has 5 unspecified atom stereocenters. The van der Waals surface area contributed by atoms with E-state index in [2.05, 4.69) is 10.6 Å². The van der Waals surface area contributed by atoms with Gasteiger partial charge in [0.2, 0.25) is 0 Å². The average Bonchev–Trinajstić information content (AvgIpc) is 3.66. The Balaban J connectivity index is 1.47. The number of aliphatic hydroxyl groups is 2. The first kappa shape index (κ1) is 26.0. The molecule has 0 spiro atoms. The molecule has 36 heavy (non-hydrogen) atoms. The van der Waals surface area contributed by atoms with Crippen LogP contribution < -0.4 is 22.1 Å². The molecular formula is C28H34N4O4. The third-order valence-corrected chi connectivity index (χ3v) is 6.67. The minimum atomic E-state index is -1.08. The van der Waals surface area contributed by atoms with Crippen LogP contribution in [0.1, 0.15) is 34.5 Å². The molecule has 8 N–H and O–H groups in total. The summed E-state index contributed by atoms with van der Waals surface area (Å²) in [5.74, 6) is -1.17. The van der Waals surface area contributed by atoms with Gasteiger partial charge in [0.25, 0.3) is 0 Å². The van der Waals surface area contributed by atoms with Crippen LogP contribution in [-0.2, 0) is 22.5 Å². The molecule has 5 atom stereocenters. The summed E-state index contributed by atoms with van der Waals surface area (Å²) in [6, 6.07) is 22.7. The molecule has 1 fully saturated rings. The highest BCUT2D eigenvalue weighted by atomic mass is 16.5. The zero-order valence-corrected chi connectivity index (χ0v) is 20.3. The van der Waals surface area contributed by atoms with E-state index in [1.807, 2.05) is 72.8 Å². The Labute approximate surface area is 211 Å². The molecule has 1 aliphatic heterocycles. The molecule has 0 amide bonds. The Morgan fingerprint density at radius 3 is 2.39 bits per heavy atom. The van der Waals surface area contributed by atoms with Crippen LogP contribution in [0.2, 0.25) is 0 Å². The summed E-state index contributed by atoms with van der Waals surface area (Å²) in [5.41, 5.74) is 17.3. The van der Waals surface area contributed by atoms with E-state index in [1.54, 1.807) is 0 Å². The smallest absolute Gasteiger partial charge is 0.310 e. The third-order valence-electron chi connectivity index (χ3n) is 6.67. The molecule has 8 heteroatoms. The summed E-state index contributed by atoms with van der Waals surface area (Å²) in [4.78, 5) is 12.7. The lowest BCUT2D eigenvalue weighted by Crippen LogP contribution is -2.46. The van der Waals surface area contributed by atoms with Crippen molar-refractivity contribution in [2.24, 2.45) is 17.4 Å². The Bertz CT molecular complexity index is 1170. The Kier molecular flexibility index (Phi) is 8.48. The summed E-state index contributed by atoms with van der Waals surface area (Å²) >= 11 is 0. The highest BCUT2D eigenvalue weighted by molar-refractivity contribution is 5.73. The minimum absolute atomic E-state index is 0.0605. The lowest BCUT2D eigenvalue weighted by Gasteiger charge is -2.27. The van der Waals surface area contributed by atoms with Gasteiger partial charge < -0.3 is 26.4 Å². The summed E-state index contributed by atoms with van der Waals surface area (Å²) in [6.07, 6.45) is -0.808. The Morgan fingerprint density at radius 1 is 1.06 bits per heavy atom. The van der Waals surface area contributed by atoms with Gasteiger partial charge in [-0.1, -0.05) is 66.7 Å². The second-order valence-electron chi connectivity index (χ2n) is 9.13. The first-order valence-corrected chi connectivity index (χ1v) is 12.1. The van der Waals surface area contributed by atoms with Gasteiger partial charge >= 0.3 is 5.97 Å². The largest absolute Gasteiger partial charge is 0.469 e. The van der Waals surface area contributed by atoms with E-state index in [0.29, 0.717) is 18.5 Å². The van der Waals surface area contributed by atoms with Crippen LogP contribution in [0, 0.1) is 5.92 Å². The number of esters is 1. The fourth-order valence-electron chi connectivity index (χ4n) is 4.49. The topological polar surface area (TPSA) is 153 Å². The first-order chi connectivity index (χ1) is 17.4. The molecule has 3 aromatic carbocycles. The van der Waals surface area contributed by atoms with Gasteiger partial charge in [0.05, 0.1) is 31.8 Å². The number of hydrogen-bond donors (Lipinski definition) is 6. The molecule has 190 valence electrons. The maximum absolute atomic E-state index is 12.7. The maximum atomic E-state index is 12.7. The standard InChI is InChI=1S/C28H34N4O4/c1-36-28(35)23(14-17-4-2-7-22(12-17)25-26(30)32-25)24(16-33)31-27(34)20-10-8-19(9-11-20)21-6-3-5-18(13-21)15-29/h2-13,23-27,31-34H,14-16,29-30H2,1H3. The van der Waals surface area contributed by atoms with Gasteiger partial charge in [0.15, 0.2) is 0 Å². The molecule has 1 aliphatic rings. The predicted molar refractivity (Wildman–Crippen MR) is 138 cm³/mol. The fourth-order valence-corrected chi connectivity index (χ4v) is 4.49. The lowest BCUT2D eigenvalue weighted by atomic mass is 9.91. The van der Waals surface area contributed by atoms with Crippen molar-refractivity contribution >= 4 is 5.97 Å². The third kappa shape index (κ3) is 6.17. The summed E-state index contributed by atoms with van der Waals surface area (Å²) in [5, 5.41) is 27.2. The maximum Gasteiger partial charge on any atom is 0.310 e. The summed E-state index contributed by atoms with van der Waals surface area (Å²) in [6.45, 7) is 0.114. The molecular weight excluding hydrogens is 456 g/mol. The minimum Gasteiger partial charge on any atom is -0.469 e. The number of aliphatic hydroxyl groups excluding tert-OH is 2. The number of rotatable bonds is 11. The first-order valence-electron chi connectivity index (χ1n) is 12.1. The van der Waals surface area contributed by atoms with Crippen molar-refractivity contribution in [1.29, 1.82) is 0 Å². The van der Waals surface area contributed by atoms with Crippen LogP contribution in [0.15, 0.2) is 72.8 Å². The number of ether oxygens (including phenoxy) is 1. The monoisotopic (exact) mass is 490 g/mol. The normalized spacial score (nSPS) is 19.4. The molecule has 0 aromatic heterocycles.